The van der Waals surface area contributed by atoms with Gasteiger partial charge in [-0.3, -0.25) is 10.1 Å². The van der Waals surface area contributed by atoms with Gasteiger partial charge >= 0.3 is 5.97 Å². The fourth-order valence-corrected chi connectivity index (χ4v) is 7.13. The lowest BCUT2D eigenvalue weighted by molar-refractivity contribution is -0.387. The van der Waals surface area contributed by atoms with Crippen LogP contribution in [0.1, 0.15) is 48.9 Å². The minimum Gasteiger partial charge on any atom is -0.477 e. The van der Waals surface area contributed by atoms with Crippen molar-refractivity contribution in [2.45, 2.75) is 54.6 Å². The van der Waals surface area contributed by atoms with E-state index >= 15 is 0 Å². The molecule has 1 saturated heterocycles. The van der Waals surface area contributed by atoms with Gasteiger partial charge in [0.05, 0.1) is 4.92 Å². The second-order valence-corrected chi connectivity index (χ2v) is 11.8. The summed E-state index contributed by atoms with van der Waals surface area (Å²) in [5.41, 5.74) is -0.491. The van der Waals surface area contributed by atoms with Crippen molar-refractivity contribution in [1.82, 2.24) is 14.3 Å². The summed E-state index contributed by atoms with van der Waals surface area (Å²) in [6.45, 7) is 0.880. The zero-order valence-corrected chi connectivity index (χ0v) is 21.6. The van der Waals surface area contributed by atoms with Crippen LogP contribution >= 0.6 is 11.8 Å². The first-order chi connectivity index (χ1) is 17.2. The van der Waals surface area contributed by atoms with Gasteiger partial charge in [-0.25, -0.2) is 23.2 Å². The summed E-state index contributed by atoms with van der Waals surface area (Å²) >= 11 is 1.29. The van der Waals surface area contributed by atoms with Crippen molar-refractivity contribution in [3.8, 4) is 0 Å². The van der Waals surface area contributed by atoms with Crippen LogP contribution in [0.3, 0.4) is 0 Å². The highest BCUT2D eigenvalue weighted by molar-refractivity contribution is 7.98. The number of aromatic carboxylic acids is 1. The predicted octanol–water partition coefficient (Wildman–Crippen LogP) is 3.65. The molecule has 1 aromatic heterocycles. The van der Waals surface area contributed by atoms with E-state index in [0.29, 0.717) is 18.1 Å². The molecule has 1 aliphatic heterocycles. The summed E-state index contributed by atoms with van der Waals surface area (Å²) in [6.07, 6.45) is 8.33. The number of nitro benzene ring substituents is 1. The highest BCUT2D eigenvalue weighted by atomic mass is 32.2. The Hall–Kier alpha value is -2.77. The molecule has 2 aliphatic rings. The minimum atomic E-state index is -4.18. The zero-order chi connectivity index (χ0) is 25.9. The van der Waals surface area contributed by atoms with Crippen molar-refractivity contribution in [2.75, 3.05) is 30.8 Å². The first-order valence-corrected chi connectivity index (χ1v) is 14.5. The number of carbonyl (C=O) groups is 1. The van der Waals surface area contributed by atoms with Crippen LogP contribution in [0.25, 0.3) is 0 Å². The van der Waals surface area contributed by atoms with E-state index in [1.807, 2.05) is 4.90 Å². The third-order valence-corrected chi connectivity index (χ3v) is 9.28. The van der Waals surface area contributed by atoms with E-state index in [-0.39, 0.29) is 41.3 Å². The number of hydrogen-bond acceptors (Lipinski definition) is 9. The molecule has 0 spiro atoms. The summed E-state index contributed by atoms with van der Waals surface area (Å²) in [5, 5.41) is 21.8. The van der Waals surface area contributed by atoms with E-state index in [0.717, 1.165) is 32.1 Å². The van der Waals surface area contributed by atoms with Gasteiger partial charge in [0.2, 0.25) is 10.0 Å². The predicted molar refractivity (Wildman–Crippen MR) is 135 cm³/mol. The second kappa shape index (κ2) is 11.1. The fourth-order valence-electron chi connectivity index (χ4n) is 5.08. The number of para-hydroxylation sites is 1. The van der Waals surface area contributed by atoms with Crippen molar-refractivity contribution in [1.29, 1.82) is 0 Å². The van der Waals surface area contributed by atoms with Gasteiger partial charge in [-0.05, 0) is 43.9 Å². The molecule has 1 atom stereocenters. The second-order valence-electron chi connectivity index (χ2n) is 9.09. The van der Waals surface area contributed by atoms with Gasteiger partial charge in [-0.1, -0.05) is 36.7 Å². The fraction of sp³-hybridized carbons (Fsp3) is 0.522. The van der Waals surface area contributed by atoms with Gasteiger partial charge in [0.15, 0.2) is 10.1 Å². The van der Waals surface area contributed by atoms with Crippen molar-refractivity contribution >= 4 is 39.3 Å². The van der Waals surface area contributed by atoms with E-state index < -0.39 is 26.6 Å². The zero-order valence-electron chi connectivity index (χ0n) is 19.9. The average molecular weight is 536 g/mol. The van der Waals surface area contributed by atoms with Crippen molar-refractivity contribution in [3.05, 3.63) is 46.1 Å². The van der Waals surface area contributed by atoms with Crippen LogP contribution in [-0.4, -0.2) is 70.6 Å². The number of sulfonamides is 1. The van der Waals surface area contributed by atoms with E-state index in [9.17, 15) is 28.4 Å². The quantitative estimate of drug-likeness (QED) is 0.207. The number of carboxylic acid groups (broad SMARTS) is 1. The minimum absolute atomic E-state index is 0.0383. The smallest absolute Gasteiger partial charge is 0.341 e. The molecule has 4 rings (SSSR count). The number of hydrogen-bond donors (Lipinski definition) is 1. The number of nitrogens with zero attached hydrogens (tertiary/aromatic N) is 5. The highest BCUT2D eigenvalue weighted by Gasteiger charge is 2.38. The molecule has 2 fully saturated rings. The number of thioether (sulfide) groups is 1. The summed E-state index contributed by atoms with van der Waals surface area (Å²) in [6, 6.07) is 5.08. The van der Waals surface area contributed by atoms with Crippen molar-refractivity contribution in [2.24, 2.45) is 5.92 Å². The Morgan fingerprint density at radius 1 is 1.22 bits per heavy atom. The molecule has 36 heavy (non-hydrogen) atoms. The maximum atomic E-state index is 13.8. The normalized spacial score (nSPS) is 18.7. The topological polar surface area (TPSA) is 147 Å². The van der Waals surface area contributed by atoms with Crippen LogP contribution in [0, 0.1) is 16.0 Å². The number of rotatable bonds is 10. The molecule has 1 N–H and O–H groups in total. The molecule has 0 radical (unpaired) electrons. The SMILES string of the molecule is CSc1ncc(C(=O)O)c(N2CCC[C@H]2CN(CC2CCCC2)S(=O)(=O)c2ccccc2[N+](=O)[O-])n1. The van der Waals surface area contributed by atoms with Gasteiger partial charge in [0.25, 0.3) is 5.69 Å². The lowest BCUT2D eigenvalue weighted by Crippen LogP contribution is -2.45. The van der Waals surface area contributed by atoms with E-state index in [4.69, 9.17) is 0 Å². The monoisotopic (exact) mass is 535 g/mol. The van der Waals surface area contributed by atoms with Crippen LogP contribution in [0.5, 0.6) is 0 Å². The molecule has 11 nitrogen and oxygen atoms in total. The molecular formula is C23H29N5O6S2. The van der Waals surface area contributed by atoms with Gasteiger partial charge in [0, 0.05) is 37.9 Å². The molecule has 0 bridgehead atoms. The molecule has 1 aliphatic carbocycles. The van der Waals surface area contributed by atoms with Gasteiger partial charge < -0.3 is 10.0 Å². The Balaban J connectivity index is 1.70. The molecular weight excluding hydrogens is 506 g/mol. The summed E-state index contributed by atoms with van der Waals surface area (Å²) in [7, 11) is -4.18. The van der Waals surface area contributed by atoms with Crippen LogP contribution in [0.15, 0.2) is 40.5 Å². The van der Waals surface area contributed by atoms with E-state index in [2.05, 4.69) is 9.97 Å². The Morgan fingerprint density at radius 2 is 1.94 bits per heavy atom. The standard InChI is InChI=1S/C23H29N5O6S2/c1-35-23-24-13-18(22(29)30)21(25-23)27-12-6-9-17(27)15-26(14-16-7-2-3-8-16)36(33,34)20-11-5-4-10-19(20)28(31)32/h4-5,10-11,13,16-17H,2-3,6-9,12,14-15H2,1H3,(H,29,30)/t17-/m0/s1. The maximum Gasteiger partial charge on any atom is 0.341 e. The third kappa shape index (κ3) is 5.47. The number of benzene rings is 1. The van der Waals surface area contributed by atoms with Crippen molar-refractivity contribution < 1.29 is 23.2 Å². The summed E-state index contributed by atoms with van der Waals surface area (Å²) in [4.78, 5) is 32.9. The van der Waals surface area contributed by atoms with Crippen LogP contribution in [0.4, 0.5) is 11.5 Å². The molecule has 0 amide bonds. The van der Waals surface area contributed by atoms with Gasteiger partial charge in [0.1, 0.15) is 11.4 Å². The number of nitro groups is 1. The molecule has 0 unspecified atom stereocenters. The lowest BCUT2D eigenvalue weighted by atomic mass is 10.1. The average Bonchev–Trinajstić information content (AvgIpc) is 3.55. The Morgan fingerprint density at radius 3 is 2.61 bits per heavy atom. The molecule has 1 aromatic carbocycles. The van der Waals surface area contributed by atoms with Crippen LogP contribution in [-0.2, 0) is 10.0 Å². The first-order valence-electron chi connectivity index (χ1n) is 11.9. The molecule has 2 aromatic rings. The number of aromatic nitrogens is 2. The summed E-state index contributed by atoms with van der Waals surface area (Å²) < 4.78 is 29.0. The Kier molecular flexibility index (Phi) is 8.10. The van der Waals surface area contributed by atoms with Crippen LogP contribution in [0.2, 0.25) is 0 Å². The van der Waals surface area contributed by atoms with Crippen LogP contribution < -0.4 is 4.90 Å². The van der Waals surface area contributed by atoms with Gasteiger partial charge in [-0.2, -0.15) is 4.31 Å². The summed E-state index contributed by atoms with van der Waals surface area (Å²) in [5.74, 6) is -0.707. The van der Waals surface area contributed by atoms with E-state index in [1.54, 1.807) is 6.26 Å². The Labute approximate surface area is 214 Å². The van der Waals surface area contributed by atoms with E-state index in [1.165, 1.54) is 46.5 Å². The lowest BCUT2D eigenvalue weighted by Gasteiger charge is -2.32. The first kappa shape index (κ1) is 26.3. The Bertz CT molecular complexity index is 1240. The number of carboxylic acids is 1. The third-order valence-electron chi connectivity index (χ3n) is 6.84. The van der Waals surface area contributed by atoms with Crippen molar-refractivity contribution in [3.63, 3.8) is 0 Å². The maximum absolute atomic E-state index is 13.8. The largest absolute Gasteiger partial charge is 0.477 e. The molecule has 194 valence electrons. The number of anilines is 1. The highest BCUT2D eigenvalue weighted by Crippen LogP contribution is 2.34. The van der Waals surface area contributed by atoms with Gasteiger partial charge in [-0.15, -0.1) is 0 Å². The molecule has 1 saturated carbocycles. The molecule has 13 heteroatoms. The molecule has 2 heterocycles.